The number of rotatable bonds is 5. The lowest BCUT2D eigenvalue weighted by Gasteiger charge is -2.28. The number of anilines is 1. The molecule has 5 nitrogen and oxygen atoms in total. The van der Waals surface area contributed by atoms with Crippen molar-refractivity contribution in [3.8, 4) is 11.6 Å². The molecule has 0 saturated carbocycles. The van der Waals surface area contributed by atoms with Crippen molar-refractivity contribution in [2.75, 3.05) is 25.5 Å². The maximum absolute atomic E-state index is 9.58. The summed E-state index contributed by atoms with van der Waals surface area (Å²) in [5.41, 5.74) is 1.96. The van der Waals surface area contributed by atoms with Crippen molar-refractivity contribution in [3.05, 3.63) is 48.2 Å². The zero-order valence-electron chi connectivity index (χ0n) is 14.3. The Morgan fingerprint density at radius 2 is 2.04 bits per heavy atom. The Kier molecular flexibility index (Phi) is 5.20. The SMILES string of the molecule is CC(Nc1ccc(OC2CCN(C)CC2)nc1)c1cccc(O)c1. The van der Waals surface area contributed by atoms with Crippen molar-refractivity contribution >= 4 is 5.69 Å². The summed E-state index contributed by atoms with van der Waals surface area (Å²) in [6.45, 7) is 4.20. The van der Waals surface area contributed by atoms with Gasteiger partial charge in [0.05, 0.1) is 11.9 Å². The van der Waals surface area contributed by atoms with Crippen molar-refractivity contribution in [2.24, 2.45) is 0 Å². The second kappa shape index (κ2) is 7.53. The molecule has 1 aromatic carbocycles. The molecule has 1 atom stereocenters. The van der Waals surface area contributed by atoms with Gasteiger partial charge in [-0.05, 0) is 50.6 Å². The van der Waals surface area contributed by atoms with Gasteiger partial charge < -0.3 is 20.1 Å². The number of likely N-dealkylation sites (tertiary alicyclic amines) is 1. The number of nitrogens with one attached hydrogen (secondary N) is 1. The van der Waals surface area contributed by atoms with E-state index in [0.29, 0.717) is 5.88 Å². The lowest BCUT2D eigenvalue weighted by Crippen LogP contribution is -2.35. The van der Waals surface area contributed by atoms with Crippen molar-refractivity contribution in [3.63, 3.8) is 0 Å². The number of hydrogen-bond acceptors (Lipinski definition) is 5. The van der Waals surface area contributed by atoms with Crippen molar-refractivity contribution in [1.29, 1.82) is 0 Å². The molecule has 1 fully saturated rings. The summed E-state index contributed by atoms with van der Waals surface area (Å²) >= 11 is 0. The molecule has 2 heterocycles. The lowest BCUT2D eigenvalue weighted by molar-refractivity contribution is 0.110. The third-order valence-electron chi connectivity index (χ3n) is 4.44. The summed E-state index contributed by atoms with van der Waals surface area (Å²) in [6.07, 6.45) is 4.15. The number of pyridine rings is 1. The van der Waals surface area contributed by atoms with Crippen LogP contribution in [0.1, 0.15) is 31.4 Å². The summed E-state index contributed by atoms with van der Waals surface area (Å²) in [6, 6.07) is 11.3. The first-order valence-electron chi connectivity index (χ1n) is 8.47. The van der Waals surface area contributed by atoms with E-state index in [0.717, 1.165) is 37.2 Å². The van der Waals surface area contributed by atoms with Crippen LogP contribution in [0.15, 0.2) is 42.6 Å². The quantitative estimate of drug-likeness (QED) is 0.881. The third-order valence-corrected chi connectivity index (χ3v) is 4.44. The normalized spacial score (nSPS) is 17.4. The minimum absolute atomic E-state index is 0.0829. The molecule has 0 aliphatic carbocycles. The van der Waals surface area contributed by atoms with Gasteiger partial charge in [0.25, 0.3) is 0 Å². The number of piperidine rings is 1. The summed E-state index contributed by atoms with van der Waals surface area (Å²) in [4.78, 5) is 6.73. The van der Waals surface area contributed by atoms with Crippen LogP contribution in [-0.2, 0) is 0 Å². The summed E-state index contributed by atoms with van der Waals surface area (Å²) < 4.78 is 5.97. The van der Waals surface area contributed by atoms with Gasteiger partial charge in [-0.1, -0.05) is 12.1 Å². The number of aromatic hydroxyl groups is 1. The van der Waals surface area contributed by atoms with Crippen LogP contribution in [-0.4, -0.2) is 41.2 Å². The summed E-state index contributed by atoms with van der Waals surface area (Å²) in [5, 5.41) is 13.0. The van der Waals surface area contributed by atoms with Gasteiger partial charge in [-0.2, -0.15) is 0 Å². The van der Waals surface area contributed by atoms with Gasteiger partial charge in [-0.25, -0.2) is 4.98 Å². The van der Waals surface area contributed by atoms with E-state index in [1.165, 1.54) is 0 Å². The Hall–Kier alpha value is -2.27. The predicted octanol–water partition coefficient (Wildman–Crippen LogP) is 3.43. The first-order valence-corrected chi connectivity index (χ1v) is 8.47. The smallest absolute Gasteiger partial charge is 0.213 e. The van der Waals surface area contributed by atoms with E-state index in [2.05, 4.69) is 29.2 Å². The number of aromatic nitrogens is 1. The van der Waals surface area contributed by atoms with Crippen LogP contribution in [0.5, 0.6) is 11.6 Å². The summed E-state index contributed by atoms with van der Waals surface area (Å²) in [7, 11) is 2.14. The fourth-order valence-electron chi connectivity index (χ4n) is 2.94. The van der Waals surface area contributed by atoms with Gasteiger partial charge in [0, 0.05) is 25.2 Å². The second-order valence-electron chi connectivity index (χ2n) is 6.47. The van der Waals surface area contributed by atoms with Crippen LogP contribution in [0, 0.1) is 0 Å². The van der Waals surface area contributed by atoms with Gasteiger partial charge in [0.15, 0.2) is 0 Å². The average Bonchev–Trinajstić information content (AvgIpc) is 2.59. The third kappa shape index (κ3) is 4.38. The molecule has 5 heteroatoms. The highest BCUT2D eigenvalue weighted by Crippen LogP contribution is 2.23. The van der Waals surface area contributed by atoms with Crippen LogP contribution in [0.3, 0.4) is 0 Å². The Bertz CT molecular complexity index is 652. The lowest BCUT2D eigenvalue weighted by atomic mass is 10.1. The fourth-order valence-corrected chi connectivity index (χ4v) is 2.94. The van der Waals surface area contributed by atoms with Crippen LogP contribution in [0.2, 0.25) is 0 Å². The first kappa shape index (κ1) is 16.6. The molecule has 3 rings (SSSR count). The van der Waals surface area contributed by atoms with E-state index < -0.39 is 0 Å². The Balaban J connectivity index is 1.56. The van der Waals surface area contributed by atoms with Crippen LogP contribution in [0.25, 0.3) is 0 Å². The molecule has 24 heavy (non-hydrogen) atoms. The fraction of sp³-hybridized carbons (Fsp3) is 0.421. The Labute approximate surface area is 143 Å². The molecule has 0 amide bonds. The number of hydrogen-bond donors (Lipinski definition) is 2. The molecule has 1 aliphatic heterocycles. The van der Waals surface area contributed by atoms with Crippen molar-refractivity contribution in [1.82, 2.24) is 9.88 Å². The molecule has 0 spiro atoms. The van der Waals surface area contributed by atoms with Crippen molar-refractivity contribution < 1.29 is 9.84 Å². The number of phenolic OH excluding ortho intramolecular Hbond substituents is 1. The topological polar surface area (TPSA) is 57.6 Å². The Morgan fingerprint density at radius 3 is 2.71 bits per heavy atom. The molecular weight excluding hydrogens is 302 g/mol. The molecule has 0 radical (unpaired) electrons. The zero-order chi connectivity index (χ0) is 16.9. The predicted molar refractivity (Wildman–Crippen MR) is 95.5 cm³/mol. The van der Waals surface area contributed by atoms with Gasteiger partial charge >= 0.3 is 0 Å². The zero-order valence-corrected chi connectivity index (χ0v) is 14.3. The number of phenols is 1. The molecule has 1 saturated heterocycles. The molecule has 1 aliphatic rings. The van der Waals surface area contributed by atoms with E-state index in [4.69, 9.17) is 4.74 Å². The molecule has 1 unspecified atom stereocenters. The van der Waals surface area contributed by atoms with E-state index in [1.807, 2.05) is 24.3 Å². The van der Waals surface area contributed by atoms with Crippen LogP contribution >= 0.6 is 0 Å². The average molecular weight is 327 g/mol. The van der Waals surface area contributed by atoms with E-state index >= 15 is 0 Å². The van der Waals surface area contributed by atoms with Gasteiger partial charge in [-0.3, -0.25) is 0 Å². The molecular formula is C19H25N3O2. The maximum Gasteiger partial charge on any atom is 0.213 e. The first-order chi connectivity index (χ1) is 11.6. The molecule has 2 N–H and O–H groups in total. The summed E-state index contributed by atoms with van der Waals surface area (Å²) in [5.74, 6) is 0.960. The second-order valence-corrected chi connectivity index (χ2v) is 6.47. The molecule has 128 valence electrons. The maximum atomic E-state index is 9.58. The van der Waals surface area contributed by atoms with Crippen LogP contribution < -0.4 is 10.1 Å². The van der Waals surface area contributed by atoms with Crippen molar-refractivity contribution in [2.45, 2.75) is 31.9 Å². The van der Waals surface area contributed by atoms with Gasteiger partial charge in [0.1, 0.15) is 11.9 Å². The standard InChI is InChI=1S/C19H25N3O2/c1-14(15-4-3-5-17(23)12-15)21-16-6-7-19(20-13-16)24-18-8-10-22(2)11-9-18/h3-7,12-14,18,21,23H,8-11H2,1-2H3. The number of ether oxygens (including phenoxy) is 1. The Morgan fingerprint density at radius 1 is 1.25 bits per heavy atom. The van der Waals surface area contributed by atoms with E-state index in [9.17, 15) is 5.11 Å². The largest absolute Gasteiger partial charge is 0.508 e. The van der Waals surface area contributed by atoms with E-state index in [1.54, 1.807) is 18.3 Å². The highest BCUT2D eigenvalue weighted by Gasteiger charge is 2.18. The van der Waals surface area contributed by atoms with E-state index in [-0.39, 0.29) is 17.9 Å². The minimum Gasteiger partial charge on any atom is -0.508 e. The molecule has 2 aromatic rings. The monoisotopic (exact) mass is 327 g/mol. The minimum atomic E-state index is 0.0829. The highest BCUT2D eigenvalue weighted by atomic mass is 16.5. The van der Waals surface area contributed by atoms with Gasteiger partial charge in [0.2, 0.25) is 5.88 Å². The van der Waals surface area contributed by atoms with Gasteiger partial charge in [-0.15, -0.1) is 0 Å². The number of nitrogens with zero attached hydrogens (tertiary/aromatic N) is 2. The van der Waals surface area contributed by atoms with Crippen LogP contribution in [0.4, 0.5) is 5.69 Å². The molecule has 0 bridgehead atoms. The number of benzene rings is 1. The molecule has 1 aromatic heterocycles. The highest BCUT2D eigenvalue weighted by molar-refractivity contribution is 5.45.